The normalized spacial score (nSPS) is 10.9. The Hall–Kier alpha value is -2.28. The third kappa shape index (κ3) is 2.13. The van der Waals surface area contributed by atoms with Crippen molar-refractivity contribution in [2.75, 3.05) is 0 Å². The minimum atomic E-state index is 0.330. The highest BCUT2D eigenvalue weighted by Crippen LogP contribution is 2.27. The van der Waals surface area contributed by atoms with Crippen LogP contribution in [0.4, 0.5) is 5.88 Å². The van der Waals surface area contributed by atoms with Crippen molar-refractivity contribution in [1.82, 2.24) is 0 Å². The first-order chi connectivity index (χ1) is 8.11. The Morgan fingerprint density at radius 3 is 2.59 bits per heavy atom. The number of furan rings is 2. The Bertz CT molecular complexity index is 612. The van der Waals surface area contributed by atoms with E-state index in [9.17, 15) is 0 Å². The number of rotatable bonds is 2. The zero-order valence-corrected chi connectivity index (χ0v) is 9.94. The van der Waals surface area contributed by atoms with Crippen molar-refractivity contribution >= 4 is 12.1 Å². The van der Waals surface area contributed by atoms with E-state index in [1.165, 1.54) is 0 Å². The molecule has 0 atom stereocenters. The third-order valence-electron chi connectivity index (χ3n) is 2.55. The lowest BCUT2D eigenvalue weighted by Crippen LogP contribution is -1.77. The molecule has 4 nitrogen and oxygen atoms in total. The first-order valence-electron chi connectivity index (χ1n) is 5.22. The second kappa shape index (κ2) is 4.30. The Morgan fingerprint density at radius 1 is 1.24 bits per heavy atom. The first-order valence-corrected chi connectivity index (χ1v) is 5.22. The molecule has 0 saturated heterocycles. The Kier molecular flexibility index (Phi) is 2.84. The van der Waals surface area contributed by atoms with Gasteiger partial charge in [0.1, 0.15) is 28.9 Å². The molecule has 0 aliphatic carbocycles. The van der Waals surface area contributed by atoms with E-state index in [0.717, 1.165) is 11.3 Å². The van der Waals surface area contributed by atoms with Crippen LogP contribution >= 0.6 is 0 Å². The van der Waals surface area contributed by atoms with Crippen molar-refractivity contribution in [1.29, 1.82) is 5.26 Å². The smallest absolute Gasteiger partial charge is 0.237 e. The maximum Gasteiger partial charge on any atom is 0.237 e. The lowest BCUT2D eigenvalue weighted by Gasteiger charge is -1.87. The molecule has 86 valence electrons. The monoisotopic (exact) mass is 228 g/mol. The molecule has 4 heteroatoms. The molecule has 0 aromatic carbocycles. The summed E-state index contributed by atoms with van der Waals surface area (Å²) in [5, 5.41) is 9.01. The van der Waals surface area contributed by atoms with Crippen LogP contribution in [0, 0.1) is 32.1 Å². The van der Waals surface area contributed by atoms with Crippen molar-refractivity contribution in [3.63, 3.8) is 0 Å². The van der Waals surface area contributed by atoms with Crippen LogP contribution in [-0.4, -0.2) is 6.21 Å². The molecule has 0 aliphatic rings. The van der Waals surface area contributed by atoms with Gasteiger partial charge in [0, 0.05) is 5.56 Å². The lowest BCUT2D eigenvalue weighted by atomic mass is 10.2. The largest absolute Gasteiger partial charge is 0.460 e. The van der Waals surface area contributed by atoms with Gasteiger partial charge in [0.15, 0.2) is 0 Å². The van der Waals surface area contributed by atoms with Crippen LogP contribution in [0.15, 0.2) is 26.0 Å². The molecule has 2 heterocycles. The summed E-state index contributed by atoms with van der Waals surface area (Å²) in [6.45, 7) is 5.51. The molecule has 0 saturated carbocycles. The summed E-state index contributed by atoms with van der Waals surface area (Å²) in [6.07, 6.45) is 1.55. The fraction of sp³-hybridized carbons (Fsp3) is 0.231. The molecule has 0 aliphatic heterocycles. The van der Waals surface area contributed by atoms with Crippen molar-refractivity contribution in [2.45, 2.75) is 20.8 Å². The lowest BCUT2D eigenvalue weighted by molar-refractivity contribution is 0.525. The highest BCUT2D eigenvalue weighted by Gasteiger charge is 2.12. The molecule has 0 bridgehead atoms. The van der Waals surface area contributed by atoms with Crippen LogP contribution in [0.5, 0.6) is 0 Å². The quantitative estimate of drug-likeness (QED) is 0.740. The minimum Gasteiger partial charge on any atom is -0.460 e. The first kappa shape index (κ1) is 11.2. The van der Waals surface area contributed by atoms with Crippen molar-refractivity contribution in [3.05, 3.63) is 40.5 Å². The number of aryl methyl sites for hydroxylation is 2. The SMILES string of the molecule is Cc1ccc(/C=N/c2oc(C)c(C)c2C#N)o1. The standard InChI is InChI=1S/C13H12N2O2/c1-8-4-5-11(16-8)7-15-13-12(6-14)9(2)10(3)17-13/h4-5,7H,1-3H3/b15-7+. The average molecular weight is 228 g/mol. The minimum absolute atomic E-state index is 0.330. The number of nitriles is 1. The van der Waals surface area contributed by atoms with Gasteiger partial charge < -0.3 is 8.83 Å². The van der Waals surface area contributed by atoms with E-state index in [0.29, 0.717) is 23.0 Å². The van der Waals surface area contributed by atoms with Crippen LogP contribution in [0.25, 0.3) is 0 Å². The highest BCUT2D eigenvalue weighted by molar-refractivity contribution is 5.78. The second-order valence-electron chi connectivity index (χ2n) is 3.78. The molecule has 0 radical (unpaired) electrons. The molecule has 17 heavy (non-hydrogen) atoms. The van der Waals surface area contributed by atoms with Gasteiger partial charge in [-0.05, 0) is 32.9 Å². The second-order valence-corrected chi connectivity index (χ2v) is 3.78. The summed E-state index contributed by atoms with van der Waals surface area (Å²) in [6, 6.07) is 5.75. The summed E-state index contributed by atoms with van der Waals surface area (Å²) in [5.41, 5.74) is 1.30. The third-order valence-corrected chi connectivity index (χ3v) is 2.55. The van der Waals surface area contributed by atoms with Gasteiger partial charge in [-0.1, -0.05) is 0 Å². The zero-order valence-electron chi connectivity index (χ0n) is 9.94. The number of nitrogens with zero attached hydrogens (tertiary/aromatic N) is 2. The van der Waals surface area contributed by atoms with Gasteiger partial charge in [-0.15, -0.1) is 0 Å². The van der Waals surface area contributed by atoms with E-state index in [2.05, 4.69) is 11.1 Å². The van der Waals surface area contributed by atoms with Gasteiger partial charge in [-0.25, -0.2) is 4.99 Å². The Balaban J connectivity index is 2.34. The number of aliphatic imine (C=N–C) groups is 1. The van der Waals surface area contributed by atoms with Crippen LogP contribution in [0.2, 0.25) is 0 Å². The predicted molar refractivity (Wildman–Crippen MR) is 63.6 cm³/mol. The van der Waals surface area contributed by atoms with Crippen molar-refractivity contribution in [2.24, 2.45) is 4.99 Å². The molecule has 2 aromatic rings. The van der Waals surface area contributed by atoms with Gasteiger partial charge in [0.2, 0.25) is 5.88 Å². The van der Waals surface area contributed by atoms with Crippen LogP contribution in [0.3, 0.4) is 0 Å². The fourth-order valence-corrected chi connectivity index (χ4v) is 1.48. The van der Waals surface area contributed by atoms with Crippen LogP contribution in [0.1, 0.15) is 28.4 Å². The van der Waals surface area contributed by atoms with Gasteiger partial charge in [0.25, 0.3) is 0 Å². The van der Waals surface area contributed by atoms with Crippen LogP contribution in [-0.2, 0) is 0 Å². The molecule has 2 aromatic heterocycles. The van der Waals surface area contributed by atoms with Crippen LogP contribution < -0.4 is 0 Å². The topological polar surface area (TPSA) is 62.4 Å². The Morgan fingerprint density at radius 2 is 2.00 bits per heavy atom. The van der Waals surface area contributed by atoms with Gasteiger partial charge in [0.05, 0.1) is 6.21 Å². The maximum absolute atomic E-state index is 9.01. The van der Waals surface area contributed by atoms with Crippen molar-refractivity contribution in [3.8, 4) is 6.07 Å². The van der Waals surface area contributed by atoms with Gasteiger partial charge >= 0.3 is 0 Å². The summed E-state index contributed by atoms with van der Waals surface area (Å²) in [5.74, 6) is 2.50. The van der Waals surface area contributed by atoms with E-state index in [1.807, 2.05) is 32.9 Å². The fourth-order valence-electron chi connectivity index (χ4n) is 1.48. The van der Waals surface area contributed by atoms with E-state index >= 15 is 0 Å². The Labute approximate surface area is 99.2 Å². The van der Waals surface area contributed by atoms with E-state index in [-0.39, 0.29) is 0 Å². The maximum atomic E-state index is 9.01. The summed E-state index contributed by atoms with van der Waals surface area (Å²) in [7, 11) is 0. The molecular weight excluding hydrogens is 216 g/mol. The number of hydrogen-bond acceptors (Lipinski definition) is 4. The zero-order chi connectivity index (χ0) is 12.4. The summed E-state index contributed by atoms with van der Waals surface area (Å²) >= 11 is 0. The predicted octanol–water partition coefficient (Wildman–Crippen LogP) is 3.42. The highest BCUT2D eigenvalue weighted by atomic mass is 16.4. The molecule has 0 unspecified atom stereocenters. The van der Waals surface area contributed by atoms with Crippen molar-refractivity contribution < 1.29 is 8.83 Å². The molecule has 0 amide bonds. The van der Waals surface area contributed by atoms with E-state index in [4.69, 9.17) is 14.1 Å². The molecular formula is C13H12N2O2. The average Bonchev–Trinajstić information content (AvgIpc) is 2.82. The molecule has 0 N–H and O–H groups in total. The van der Waals surface area contributed by atoms with E-state index < -0.39 is 0 Å². The number of hydrogen-bond donors (Lipinski definition) is 0. The van der Waals surface area contributed by atoms with E-state index in [1.54, 1.807) is 6.21 Å². The molecule has 0 fully saturated rings. The van der Waals surface area contributed by atoms with Gasteiger partial charge in [-0.2, -0.15) is 5.26 Å². The molecule has 0 spiro atoms. The summed E-state index contributed by atoms with van der Waals surface area (Å²) in [4.78, 5) is 4.13. The summed E-state index contributed by atoms with van der Waals surface area (Å²) < 4.78 is 10.7. The van der Waals surface area contributed by atoms with Gasteiger partial charge in [-0.3, -0.25) is 0 Å². The molecule has 2 rings (SSSR count).